The molecule has 0 fully saturated rings. The summed E-state index contributed by atoms with van der Waals surface area (Å²) in [6.07, 6.45) is 1.57. The minimum absolute atomic E-state index is 0.0778. The lowest BCUT2D eigenvalue weighted by Crippen LogP contribution is -2.02. The first-order chi connectivity index (χ1) is 8.60. The van der Waals surface area contributed by atoms with Crippen LogP contribution in [-0.2, 0) is 6.54 Å². The number of hydrogen-bond donors (Lipinski definition) is 1. The summed E-state index contributed by atoms with van der Waals surface area (Å²) < 4.78 is 32.2. The van der Waals surface area contributed by atoms with Crippen LogP contribution in [-0.4, -0.2) is 4.98 Å². The first-order valence-electron chi connectivity index (χ1n) is 5.07. The van der Waals surface area contributed by atoms with Gasteiger partial charge in [-0.3, -0.25) is 4.98 Å². The summed E-state index contributed by atoms with van der Waals surface area (Å²) in [7, 11) is 0. The zero-order valence-corrected chi connectivity index (χ0v) is 10.7. The molecule has 94 valence electrons. The Morgan fingerprint density at radius 2 is 2.00 bits per heavy atom. The van der Waals surface area contributed by atoms with Crippen LogP contribution in [0.2, 0.25) is 0 Å². The van der Waals surface area contributed by atoms with Crippen molar-refractivity contribution >= 4 is 15.9 Å². The average molecular weight is 315 g/mol. The van der Waals surface area contributed by atoms with Crippen LogP contribution in [0, 0.1) is 11.6 Å². The van der Waals surface area contributed by atoms with Crippen LogP contribution in [0.5, 0.6) is 11.5 Å². The van der Waals surface area contributed by atoms with E-state index in [1.807, 2.05) is 0 Å². The second kappa shape index (κ2) is 5.41. The Morgan fingerprint density at radius 1 is 1.22 bits per heavy atom. The molecule has 0 unspecified atom stereocenters. The van der Waals surface area contributed by atoms with Crippen molar-refractivity contribution in [2.24, 2.45) is 5.73 Å². The zero-order valence-electron chi connectivity index (χ0n) is 9.16. The van der Waals surface area contributed by atoms with Gasteiger partial charge in [0, 0.05) is 23.3 Å². The van der Waals surface area contributed by atoms with E-state index < -0.39 is 11.6 Å². The van der Waals surface area contributed by atoms with Crippen molar-refractivity contribution in [1.29, 1.82) is 0 Å². The molecule has 1 aromatic heterocycles. The summed E-state index contributed by atoms with van der Waals surface area (Å²) in [6, 6.07) is 4.71. The fourth-order valence-electron chi connectivity index (χ4n) is 1.37. The van der Waals surface area contributed by atoms with Gasteiger partial charge in [-0.2, -0.15) is 0 Å². The van der Waals surface area contributed by atoms with Crippen molar-refractivity contribution in [3.8, 4) is 11.5 Å². The van der Waals surface area contributed by atoms with Crippen LogP contribution in [0.15, 0.2) is 34.9 Å². The molecule has 0 amide bonds. The molecular formula is C12H9BrF2N2O. The van der Waals surface area contributed by atoms with Gasteiger partial charge in [0.2, 0.25) is 0 Å². The molecule has 0 aliphatic rings. The Kier molecular flexibility index (Phi) is 3.88. The maximum absolute atomic E-state index is 13.4. The van der Waals surface area contributed by atoms with Gasteiger partial charge in [-0.15, -0.1) is 0 Å². The Labute approximate surface area is 111 Å². The highest BCUT2D eigenvalue weighted by atomic mass is 79.9. The maximum atomic E-state index is 13.4. The summed E-state index contributed by atoms with van der Waals surface area (Å²) >= 11 is 3.23. The molecule has 18 heavy (non-hydrogen) atoms. The van der Waals surface area contributed by atoms with E-state index in [0.717, 1.165) is 12.1 Å². The van der Waals surface area contributed by atoms with Gasteiger partial charge in [0.25, 0.3) is 0 Å². The molecule has 0 spiro atoms. The second-order valence-electron chi connectivity index (χ2n) is 3.48. The van der Waals surface area contributed by atoms with Crippen LogP contribution >= 0.6 is 15.9 Å². The van der Waals surface area contributed by atoms with Gasteiger partial charge >= 0.3 is 0 Å². The number of ether oxygens (including phenoxy) is 1. The minimum Gasteiger partial charge on any atom is -0.452 e. The van der Waals surface area contributed by atoms with Crippen LogP contribution in [0.25, 0.3) is 0 Å². The maximum Gasteiger partial charge on any atom is 0.168 e. The van der Waals surface area contributed by atoms with E-state index in [9.17, 15) is 8.78 Å². The lowest BCUT2D eigenvalue weighted by Gasteiger charge is -2.10. The number of rotatable bonds is 3. The standard InChI is InChI=1S/C12H9BrF2N2O/c13-7-3-12(10(5-16)17-6-7)18-11-2-1-8(14)4-9(11)15/h1-4,6H,5,16H2. The van der Waals surface area contributed by atoms with E-state index in [2.05, 4.69) is 20.9 Å². The molecule has 2 rings (SSSR count). The highest BCUT2D eigenvalue weighted by molar-refractivity contribution is 9.10. The van der Waals surface area contributed by atoms with E-state index in [4.69, 9.17) is 10.5 Å². The predicted molar refractivity (Wildman–Crippen MR) is 66.3 cm³/mol. The van der Waals surface area contributed by atoms with Crippen LogP contribution in [0.3, 0.4) is 0 Å². The van der Waals surface area contributed by atoms with Crippen molar-refractivity contribution in [2.75, 3.05) is 0 Å². The molecule has 1 heterocycles. The quantitative estimate of drug-likeness (QED) is 0.945. The molecule has 2 N–H and O–H groups in total. The first kappa shape index (κ1) is 12.9. The number of hydrogen-bond acceptors (Lipinski definition) is 3. The predicted octanol–water partition coefficient (Wildman–Crippen LogP) is 3.37. The molecule has 0 saturated heterocycles. The number of nitrogens with zero attached hydrogens (tertiary/aromatic N) is 1. The van der Waals surface area contributed by atoms with Gasteiger partial charge in [-0.1, -0.05) is 0 Å². The molecule has 6 heteroatoms. The third-order valence-corrected chi connectivity index (χ3v) is 2.64. The molecule has 0 bridgehead atoms. The molecule has 1 aromatic carbocycles. The summed E-state index contributed by atoms with van der Waals surface area (Å²) in [5.41, 5.74) is 5.99. The number of halogens is 3. The Bertz CT molecular complexity index is 578. The average Bonchev–Trinajstić information content (AvgIpc) is 2.33. The van der Waals surface area contributed by atoms with Crippen molar-refractivity contribution in [2.45, 2.75) is 6.54 Å². The van der Waals surface area contributed by atoms with E-state index in [1.165, 1.54) is 6.07 Å². The number of pyridine rings is 1. The smallest absolute Gasteiger partial charge is 0.168 e. The number of aromatic nitrogens is 1. The highest BCUT2D eigenvalue weighted by Crippen LogP contribution is 2.28. The normalized spacial score (nSPS) is 10.4. The molecule has 0 aliphatic heterocycles. The molecule has 0 saturated carbocycles. The van der Waals surface area contributed by atoms with Crippen molar-refractivity contribution < 1.29 is 13.5 Å². The van der Waals surface area contributed by atoms with E-state index in [1.54, 1.807) is 12.3 Å². The number of nitrogens with two attached hydrogens (primary N) is 1. The van der Waals surface area contributed by atoms with Crippen LogP contribution in [0.4, 0.5) is 8.78 Å². The largest absolute Gasteiger partial charge is 0.452 e. The lowest BCUT2D eigenvalue weighted by molar-refractivity contribution is 0.431. The van der Waals surface area contributed by atoms with Crippen molar-refractivity contribution in [3.63, 3.8) is 0 Å². The van der Waals surface area contributed by atoms with Gasteiger partial charge in [-0.05, 0) is 34.1 Å². The lowest BCUT2D eigenvalue weighted by atomic mass is 10.3. The van der Waals surface area contributed by atoms with Crippen LogP contribution in [0.1, 0.15) is 5.69 Å². The molecular weight excluding hydrogens is 306 g/mol. The molecule has 0 radical (unpaired) electrons. The second-order valence-corrected chi connectivity index (χ2v) is 4.39. The summed E-state index contributed by atoms with van der Waals surface area (Å²) in [5.74, 6) is -1.19. The van der Waals surface area contributed by atoms with Gasteiger partial charge in [0.05, 0.1) is 5.69 Å². The van der Waals surface area contributed by atoms with Crippen molar-refractivity contribution in [1.82, 2.24) is 4.98 Å². The monoisotopic (exact) mass is 314 g/mol. The Balaban J connectivity index is 2.36. The van der Waals surface area contributed by atoms with Gasteiger partial charge in [0.1, 0.15) is 5.82 Å². The summed E-state index contributed by atoms with van der Waals surface area (Å²) in [6.45, 7) is 0.158. The number of benzene rings is 1. The Morgan fingerprint density at radius 3 is 2.67 bits per heavy atom. The van der Waals surface area contributed by atoms with Crippen LogP contribution < -0.4 is 10.5 Å². The van der Waals surface area contributed by atoms with Gasteiger partial charge in [-0.25, -0.2) is 8.78 Å². The fourth-order valence-corrected chi connectivity index (χ4v) is 1.68. The zero-order chi connectivity index (χ0) is 13.1. The van der Waals surface area contributed by atoms with E-state index >= 15 is 0 Å². The minimum atomic E-state index is -0.780. The van der Waals surface area contributed by atoms with Gasteiger partial charge in [0.15, 0.2) is 17.3 Å². The topological polar surface area (TPSA) is 48.1 Å². The molecule has 3 nitrogen and oxygen atoms in total. The van der Waals surface area contributed by atoms with E-state index in [0.29, 0.717) is 15.9 Å². The van der Waals surface area contributed by atoms with Crippen molar-refractivity contribution in [3.05, 3.63) is 52.3 Å². The van der Waals surface area contributed by atoms with Gasteiger partial charge < -0.3 is 10.5 Å². The van der Waals surface area contributed by atoms with E-state index in [-0.39, 0.29) is 12.3 Å². The highest BCUT2D eigenvalue weighted by Gasteiger charge is 2.10. The first-order valence-corrected chi connectivity index (χ1v) is 5.87. The molecule has 0 atom stereocenters. The Hall–Kier alpha value is -1.53. The SMILES string of the molecule is NCc1ncc(Br)cc1Oc1ccc(F)cc1F. The third-order valence-electron chi connectivity index (χ3n) is 2.20. The summed E-state index contributed by atoms with van der Waals surface area (Å²) in [5, 5.41) is 0. The third kappa shape index (κ3) is 2.83. The molecule has 2 aromatic rings. The summed E-state index contributed by atoms with van der Waals surface area (Å²) in [4.78, 5) is 4.05. The fraction of sp³-hybridized carbons (Fsp3) is 0.0833. The molecule has 0 aliphatic carbocycles.